The van der Waals surface area contributed by atoms with Crippen molar-refractivity contribution in [3.63, 3.8) is 0 Å². The molecule has 1 aliphatic carbocycles. The van der Waals surface area contributed by atoms with E-state index in [1.54, 1.807) is 7.11 Å². The van der Waals surface area contributed by atoms with Gasteiger partial charge in [0.05, 0.1) is 24.6 Å². The fourth-order valence-corrected chi connectivity index (χ4v) is 5.25. The minimum Gasteiger partial charge on any atom is -0.495 e. The largest absolute Gasteiger partial charge is 0.495 e. The van der Waals surface area contributed by atoms with E-state index in [9.17, 15) is 4.79 Å². The average Bonchev–Trinajstić information content (AvgIpc) is 2.85. The van der Waals surface area contributed by atoms with Crippen molar-refractivity contribution in [2.24, 2.45) is 0 Å². The van der Waals surface area contributed by atoms with Crippen molar-refractivity contribution in [2.45, 2.75) is 64.6 Å². The van der Waals surface area contributed by atoms with Gasteiger partial charge in [-0.15, -0.1) is 0 Å². The fourth-order valence-electron chi connectivity index (χ4n) is 5.25. The maximum Gasteiger partial charge on any atom is 0.319 e. The number of nitrogens with zero attached hydrogens (tertiary/aromatic N) is 2. The second-order valence-electron chi connectivity index (χ2n) is 9.96. The van der Waals surface area contributed by atoms with E-state index in [-0.39, 0.29) is 18.2 Å². The van der Waals surface area contributed by atoms with Crippen LogP contribution in [0.1, 0.15) is 45.1 Å². The van der Waals surface area contributed by atoms with E-state index in [4.69, 9.17) is 9.47 Å². The van der Waals surface area contributed by atoms with Crippen LogP contribution in [-0.4, -0.2) is 62.4 Å². The molecule has 2 fully saturated rings. The lowest BCUT2D eigenvalue weighted by atomic mass is 9.90. The van der Waals surface area contributed by atoms with Gasteiger partial charge in [-0.05, 0) is 76.3 Å². The molecule has 2 aromatic rings. The molecule has 1 saturated carbocycles. The Labute approximate surface area is 209 Å². The number of hydrogen-bond acceptors (Lipinski definition) is 5. The highest BCUT2D eigenvalue weighted by molar-refractivity contribution is 5.91. The highest BCUT2D eigenvalue weighted by Gasteiger charge is 2.29. The number of carbonyl (C=O) groups excluding carboxylic acids is 1. The maximum absolute atomic E-state index is 12.6. The normalized spacial score (nSPS) is 21.0. The molecule has 0 spiro atoms. The first-order valence-electron chi connectivity index (χ1n) is 12.9. The molecule has 2 aromatic carbocycles. The molecule has 35 heavy (non-hydrogen) atoms. The van der Waals surface area contributed by atoms with Gasteiger partial charge in [0.1, 0.15) is 11.5 Å². The summed E-state index contributed by atoms with van der Waals surface area (Å²) in [6, 6.07) is 14.8. The molecule has 7 heteroatoms. The third-order valence-corrected chi connectivity index (χ3v) is 7.03. The Kier molecular flexibility index (Phi) is 8.39. The van der Waals surface area contributed by atoms with Crippen molar-refractivity contribution in [2.75, 3.05) is 43.5 Å². The highest BCUT2D eigenvalue weighted by Crippen LogP contribution is 2.31. The first kappa shape index (κ1) is 25.2. The number of ether oxygens (including phenoxy) is 2. The lowest BCUT2D eigenvalue weighted by molar-refractivity contribution is 0.137. The zero-order valence-corrected chi connectivity index (χ0v) is 21.5. The number of para-hydroxylation sites is 2. The molecule has 190 valence electrons. The number of hydrogen-bond donors (Lipinski definition) is 2. The van der Waals surface area contributed by atoms with Gasteiger partial charge in [-0.1, -0.05) is 18.2 Å². The van der Waals surface area contributed by atoms with E-state index in [1.165, 1.54) is 5.69 Å². The van der Waals surface area contributed by atoms with Crippen molar-refractivity contribution in [1.82, 2.24) is 10.2 Å². The SMILES string of the molecule is COc1ccc(C)cc1NC(=O)N[C@H]1CC[C@H](N2CCN(c3ccccc3OC(C)C)CC2)CC1. The first-order chi connectivity index (χ1) is 16.9. The van der Waals surface area contributed by atoms with E-state index in [0.717, 1.165) is 63.2 Å². The van der Waals surface area contributed by atoms with E-state index in [2.05, 4.69) is 52.5 Å². The quantitative estimate of drug-likeness (QED) is 0.581. The van der Waals surface area contributed by atoms with Crippen LogP contribution in [0.25, 0.3) is 0 Å². The Morgan fingerprint density at radius 1 is 0.971 bits per heavy atom. The van der Waals surface area contributed by atoms with Crippen LogP contribution in [0.4, 0.5) is 16.2 Å². The molecule has 1 heterocycles. The maximum atomic E-state index is 12.6. The van der Waals surface area contributed by atoms with E-state index in [0.29, 0.717) is 17.5 Å². The van der Waals surface area contributed by atoms with Crippen LogP contribution in [0, 0.1) is 6.92 Å². The summed E-state index contributed by atoms with van der Waals surface area (Å²) in [7, 11) is 1.62. The van der Waals surface area contributed by atoms with Crippen LogP contribution in [0.15, 0.2) is 42.5 Å². The van der Waals surface area contributed by atoms with Gasteiger partial charge in [0, 0.05) is 38.3 Å². The van der Waals surface area contributed by atoms with Crippen LogP contribution in [0.2, 0.25) is 0 Å². The van der Waals surface area contributed by atoms with Gasteiger partial charge in [0.15, 0.2) is 0 Å². The molecule has 0 radical (unpaired) electrons. The number of amides is 2. The molecule has 1 saturated heterocycles. The number of benzene rings is 2. The Bertz CT molecular complexity index is 980. The third-order valence-electron chi connectivity index (χ3n) is 7.03. The molecule has 7 nitrogen and oxygen atoms in total. The molecule has 2 aliphatic rings. The monoisotopic (exact) mass is 480 g/mol. The predicted octanol–water partition coefficient (Wildman–Crippen LogP) is 5.05. The number of piperazine rings is 1. The summed E-state index contributed by atoms with van der Waals surface area (Å²) in [6.07, 6.45) is 4.42. The highest BCUT2D eigenvalue weighted by atomic mass is 16.5. The summed E-state index contributed by atoms with van der Waals surface area (Å²) in [6.45, 7) is 10.3. The van der Waals surface area contributed by atoms with Crippen LogP contribution in [0.5, 0.6) is 11.5 Å². The van der Waals surface area contributed by atoms with E-state index >= 15 is 0 Å². The number of urea groups is 1. The molecular weight excluding hydrogens is 440 g/mol. The van der Waals surface area contributed by atoms with Gasteiger partial charge >= 0.3 is 6.03 Å². The standard InChI is InChI=1S/C28H40N4O3/c1-20(2)35-27-8-6-5-7-25(27)32-17-15-31(16-18-32)23-12-10-22(11-13-23)29-28(33)30-24-19-21(3)9-14-26(24)34-4/h5-9,14,19-20,22-23H,10-13,15-18H2,1-4H3,(H2,29,30,33)/t22-,23-. The number of aryl methyl sites for hydroxylation is 1. The van der Waals surface area contributed by atoms with Gasteiger partial charge in [0.2, 0.25) is 0 Å². The summed E-state index contributed by atoms with van der Waals surface area (Å²) in [5.74, 6) is 1.65. The smallest absolute Gasteiger partial charge is 0.319 e. The molecule has 4 rings (SSSR count). The van der Waals surface area contributed by atoms with Gasteiger partial charge < -0.3 is 25.0 Å². The predicted molar refractivity (Wildman–Crippen MR) is 142 cm³/mol. The average molecular weight is 481 g/mol. The van der Waals surface area contributed by atoms with Crippen molar-refractivity contribution in [3.05, 3.63) is 48.0 Å². The number of anilines is 2. The van der Waals surface area contributed by atoms with Crippen molar-refractivity contribution in [3.8, 4) is 11.5 Å². The Morgan fingerprint density at radius 2 is 1.69 bits per heavy atom. The molecule has 1 aliphatic heterocycles. The zero-order valence-electron chi connectivity index (χ0n) is 21.5. The minimum atomic E-state index is -0.159. The summed E-state index contributed by atoms with van der Waals surface area (Å²) in [4.78, 5) is 17.7. The van der Waals surface area contributed by atoms with Gasteiger partial charge in [0.25, 0.3) is 0 Å². The second kappa shape index (κ2) is 11.7. The van der Waals surface area contributed by atoms with Crippen LogP contribution in [-0.2, 0) is 0 Å². The van der Waals surface area contributed by atoms with Crippen LogP contribution in [0.3, 0.4) is 0 Å². The van der Waals surface area contributed by atoms with Crippen molar-refractivity contribution in [1.29, 1.82) is 0 Å². The summed E-state index contributed by atoms with van der Waals surface area (Å²) in [5, 5.41) is 6.13. The van der Waals surface area contributed by atoms with Gasteiger partial charge in [-0.25, -0.2) is 4.79 Å². The third kappa shape index (κ3) is 6.60. The second-order valence-corrected chi connectivity index (χ2v) is 9.96. The number of carbonyl (C=O) groups is 1. The Hall–Kier alpha value is -2.93. The lowest BCUT2D eigenvalue weighted by Gasteiger charge is -2.43. The Morgan fingerprint density at radius 3 is 2.37 bits per heavy atom. The topological polar surface area (TPSA) is 66.1 Å². The fraction of sp³-hybridized carbons (Fsp3) is 0.536. The summed E-state index contributed by atoms with van der Waals surface area (Å²) in [5.41, 5.74) is 2.99. The first-order valence-corrected chi connectivity index (χ1v) is 12.9. The molecule has 2 amide bonds. The number of rotatable bonds is 7. The van der Waals surface area contributed by atoms with Gasteiger partial charge in [-0.2, -0.15) is 0 Å². The Balaban J connectivity index is 1.23. The molecule has 2 N–H and O–H groups in total. The molecular formula is C28H40N4O3. The summed E-state index contributed by atoms with van der Waals surface area (Å²) >= 11 is 0. The number of nitrogens with one attached hydrogen (secondary N) is 2. The van der Waals surface area contributed by atoms with Gasteiger partial charge in [-0.3, -0.25) is 4.90 Å². The van der Waals surface area contributed by atoms with E-state index < -0.39 is 0 Å². The van der Waals surface area contributed by atoms with Crippen LogP contribution < -0.4 is 25.0 Å². The molecule has 0 atom stereocenters. The molecule has 0 aromatic heterocycles. The van der Waals surface area contributed by atoms with E-state index in [1.807, 2.05) is 31.2 Å². The zero-order chi connectivity index (χ0) is 24.8. The minimum absolute atomic E-state index is 0.159. The molecule has 0 bridgehead atoms. The van der Waals surface area contributed by atoms with Crippen molar-refractivity contribution >= 4 is 17.4 Å². The summed E-state index contributed by atoms with van der Waals surface area (Å²) < 4.78 is 11.4. The lowest BCUT2D eigenvalue weighted by Crippen LogP contribution is -2.52. The van der Waals surface area contributed by atoms with Crippen molar-refractivity contribution < 1.29 is 14.3 Å². The number of methoxy groups -OCH3 is 1. The van der Waals surface area contributed by atoms with Crippen LogP contribution >= 0.6 is 0 Å². The molecule has 0 unspecified atom stereocenters.